The van der Waals surface area contributed by atoms with Gasteiger partial charge in [0.25, 0.3) is 10.1 Å². The summed E-state index contributed by atoms with van der Waals surface area (Å²) in [6, 6.07) is 0.872. The molecule has 0 radical (unpaired) electrons. The predicted molar refractivity (Wildman–Crippen MR) is 204 cm³/mol. The van der Waals surface area contributed by atoms with E-state index in [0.29, 0.717) is 44.8 Å². The summed E-state index contributed by atoms with van der Waals surface area (Å²) in [5.41, 5.74) is 0. The van der Waals surface area contributed by atoms with E-state index >= 15 is 0 Å². The largest absolute Gasteiger partial charge is 0.466 e. The molecule has 0 aromatic rings. The number of likely N-dealkylation sites (tertiary alicyclic amines) is 2. The summed E-state index contributed by atoms with van der Waals surface area (Å²) in [6.45, 7) is 21.2. The Labute approximate surface area is 327 Å². The van der Waals surface area contributed by atoms with Gasteiger partial charge in [-0.2, -0.15) is 8.42 Å². The highest BCUT2D eigenvalue weighted by Gasteiger charge is 2.40. The van der Waals surface area contributed by atoms with Crippen LogP contribution in [-0.4, -0.2) is 202 Å². The van der Waals surface area contributed by atoms with Crippen LogP contribution in [0, 0.1) is 0 Å². The van der Waals surface area contributed by atoms with Crippen LogP contribution in [-0.2, 0) is 42.8 Å². The van der Waals surface area contributed by atoms with Gasteiger partial charge in [0.15, 0.2) is 0 Å². The number of piperidine rings is 2. The van der Waals surface area contributed by atoms with Crippen molar-refractivity contribution >= 4 is 34.2 Å². The second-order valence-electron chi connectivity index (χ2n) is 15.6. The molecule has 0 bridgehead atoms. The first-order valence-electron chi connectivity index (χ1n) is 20.1. The van der Waals surface area contributed by atoms with E-state index in [0.717, 1.165) is 71.2 Å². The number of esters is 2. The first-order valence-corrected chi connectivity index (χ1v) is 22.0. The Kier molecular flexibility index (Phi) is 17.3. The molecule has 5 rings (SSSR count). The van der Waals surface area contributed by atoms with E-state index in [2.05, 4.69) is 42.4 Å². The fourth-order valence-electron chi connectivity index (χ4n) is 8.01. The van der Waals surface area contributed by atoms with Crippen molar-refractivity contribution in [1.29, 1.82) is 0 Å². The molecule has 3 atom stereocenters. The summed E-state index contributed by atoms with van der Waals surface area (Å²) in [5.74, 6) is -0.770. The molecule has 0 aliphatic carbocycles. The highest BCUT2D eigenvalue weighted by molar-refractivity contribution is 7.85. The summed E-state index contributed by atoms with van der Waals surface area (Å²) in [4.78, 5) is 61.7. The van der Waals surface area contributed by atoms with Crippen LogP contribution < -0.4 is 0 Å². The fourth-order valence-corrected chi connectivity index (χ4v) is 8.41. The van der Waals surface area contributed by atoms with Gasteiger partial charge in [0.2, 0.25) is 0 Å². The van der Waals surface area contributed by atoms with Crippen LogP contribution in [0.3, 0.4) is 0 Å². The number of rotatable bonds is 15. The van der Waals surface area contributed by atoms with E-state index in [1.807, 2.05) is 9.80 Å². The fraction of sp³-hybridized carbons (Fsp3) is 0.892. The van der Waals surface area contributed by atoms with E-state index in [4.69, 9.17) is 23.1 Å². The van der Waals surface area contributed by atoms with Crippen molar-refractivity contribution in [3.05, 3.63) is 0 Å². The van der Waals surface area contributed by atoms with Gasteiger partial charge < -0.3 is 38.5 Å². The lowest BCUT2D eigenvalue weighted by Crippen LogP contribution is -2.55. The zero-order chi connectivity index (χ0) is 40.3. The molecule has 0 aromatic heterocycles. The predicted octanol–water partition coefficient (Wildman–Crippen LogP) is 1.84. The van der Waals surface area contributed by atoms with Crippen LogP contribution in [0.15, 0.2) is 0 Å². The molecule has 18 heteroatoms. The second kappa shape index (κ2) is 21.1. The zero-order valence-corrected chi connectivity index (χ0v) is 34.9. The highest BCUT2D eigenvalue weighted by atomic mass is 32.2. The maximum atomic E-state index is 12.5. The zero-order valence-electron chi connectivity index (χ0n) is 34.1. The third-order valence-electron chi connectivity index (χ3n) is 11.1. The summed E-state index contributed by atoms with van der Waals surface area (Å²) in [5, 5.41) is 0. The van der Waals surface area contributed by atoms with Crippen LogP contribution in [0.1, 0.15) is 73.6 Å². The van der Waals surface area contributed by atoms with Gasteiger partial charge in [0, 0.05) is 83.1 Å². The number of hydrogen-bond donors (Lipinski definition) is 0. The van der Waals surface area contributed by atoms with Gasteiger partial charge in [-0.3, -0.25) is 23.6 Å². The maximum absolute atomic E-state index is 12.5. The summed E-state index contributed by atoms with van der Waals surface area (Å²) in [6.07, 6.45) is 3.63. The van der Waals surface area contributed by atoms with Crippen LogP contribution >= 0.6 is 0 Å². The number of cyclic esters (lactones) is 2. The van der Waals surface area contributed by atoms with Gasteiger partial charge >= 0.3 is 24.1 Å². The number of ether oxygens (including phenoxy) is 4. The van der Waals surface area contributed by atoms with Crippen LogP contribution in [0.5, 0.6) is 0 Å². The van der Waals surface area contributed by atoms with Crippen molar-refractivity contribution in [3.63, 3.8) is 0 Å². The van der Waals surface area contributed by atoms with E-state index in [1.54, 1.807) is 18.7 Å². The minimum Gasteiger partial charge on any atom is -0.466 e. The van der Waals surface area contributed by atoms with E-state index in [1.165, 1.54) is 0 Å². The Bertz CT molecular complexity index is 1360. The van der Waals surface area contributed by atoms with Crippen molar-refractivity contribution in [3.8, 4) is 0 Å². The minimum atomic E-state index is -3.50. The third-order valence-corrected chi connectivity index (χ3v) is 11.7. The molecule has 2 amide bonds. The monoisotopic (exact) mass is 802 g/mol. The van der Waals surface area contributed by atoms with E-state index < -0.39 is 22.3 Å². The molecule has 316 valence electrons. The third kappa shape index (κ3) is 13.7. The normalized spacial score (nSPS) is 24.8. The standard InChI is InChI=1S/C24H42N4O6.C13H24N2O5S/c1-5-32-22(29)15-21(23(30)33-6-2)27-13-11-25(12-14-27)16-20-17-28(24(31)34-20)19-7-9-26(10-8-19)18(3)4;1-10(2)14-6-4-11(5-7-14)15-8-12(20-13(15)16)9-19-21(3,17)18/h18-21H,5-17H2,1-4H3;10-12H,4-9H2,1-3H3. The number of carbonyl (C=O) groups is 4. The van der Waals surface area contributed by atoms with Crippen molar-refractivity contribution < 1.29 is 50.7 Å². The molecule has 0 aromatic carbocycles. The average molecular weight is 803 g/mol. The van der Waals surface area contributed by atoms with Crippen molar-refractivity contribution in [2.24, 2.45) is 0 Å². The van der Waals surface area contributed by atoms with Crippen LogP contribution in [0.2, 0.25) is 0 Å². The molecular weight excluding hydrogens is 737 g/mol. The highest BCUT2D eigenvalue weighted by Crippen LogP contribution is 2.26. The summed E-state index contributed by atoms with van der Waals surface area (Å²) >= 11 is 0. The topological polar surface area (TPSA) is 168 Å². The molecule has 5 fully saturated rings. The Morgan fingerprint density at radius 2 is 1.18 bits per heavy atom. The molecule has 5 saturated heterocycles. The Morgan fingerprint density at radius 3 is 1.64 bits per heavy atom. The molecule has 3 unspecified atom stereocenters. The number of carbonyl (C=O) groups excluding carboxylic acids is 4. The Morgan fingerprint density at radius 1 is 0.709 bits per heavy atom. The summed E-state index contributed by atoms with van der Waals surface area (Å²) in [7, 11) is -3.50. The lowest BCUT2D eigenvalue weighted by atomic mass is 10.0. The number of nitrogens with zero attached hydrogens (tertiary/aromatic N) is 6. The van der Waals surface area contributed by atoms with E-state index in [-0.39, 0.29) is 68.6 Å². The molecule has 0 N–H and O–H groups in total. The molecule has 0 saturated carbocycles. The molecule has 5 heterocycles. The Hall–Kier alpha value is -2.77. The number of hydrogen-bond acceptors (Lipinski definition) is 15. The van der Waals surface area contributed by atoms with Gasteiger partial charge in [-0.1, -0.05) is 0 Å². The average Bonchev–Trinajstić information content (AvgIpc) is 3.71. The molecular formula is C37H66N6O11S. The van der Waals surface area contributed by atoms with Gasteiger partial charge in [0.1, 0.15) is 24.9 Å². The first-order chi connectivity index (χ1) is 26.1. The molecule has 0 spiro atoms. The quantitative estimate of drug-likeness (QED) is 0.134. The first kappa shape index (κ1) is 44.9. The number of piperazine rings is 1. The van der Waals surface area contributed by atoms with Gasteiger partial charge in [-0.15, -0.1) is 0 Å². The lowest BCUT2D eigenvalue weighted by Gasteiger charge is -2.38. The SMILES string of the molecule is CC(C)N1CCC(N2CC(COS(C)(=O)=O)OC2=O)CC1.CCOC(=O)CC(C(=O)OCC)N1CCN(CC2CN(C3CCN(C(C)C)CC3)C(=O)O2)CC1. The molecule has 5 aliphatic rings. The molecule has 55 heavy (non-hydrogen) atoms. The van der Waals surface area contributed by atoms with Crippen LogP contribution in [0.25, 0.3) is 0 Å². The van der Waals surface area contributed by atoms with Crippen molar-refractivity contribution in [2.45, 2.75) is 116 Å². The lowest BCUT2D eigenvalue weighted by molar-refractivity contribution is -0.157. The van der Waals surface area contributed by atoms with E-state index in [9.17, 15) is 27.6 Å². The maximum Gasteiger partial charge on any atom is 0.410 e. The van der Waals surface area contributed by atoms with Crippen molar-refractivity contribution in [2.75, 3.05) is 98.1 Å². The van der Waals surface area contributed by atoms with Crippen molar-refractivity contribution in [1.82, 2.24) is 29.4 Å². The smallest absolute Gasteiger partial charge is 0.410 e. The summed E-state index contributed by atoms with van der Waals surface area (Å²) < 4.78 is 47.8. The minimum absolute atomic E-state index is 0.00248. The van der Waals surface area contributed by atoms with Gasteiger partial charge in [0.05, 0.1) is 39.0 Å². The number of amides is 2. The molecule has 5 aliphatic heterocycles. The Balaban J connectivity index is 0.000000274. The van der Waals surface area contributed by atoms with Crippen LogP contribution in [0.4, 0.5) is 9.59 Å². The van der Waals surface area contributed by atoms with Gasteiger partial charge in [-0.25, -0.2) is 9.59 Å². The second-order valence-corrected chi connectivity index (χ2v) is 17.3. The molecule has 17 nitrogen and oxygen atoms in total. The van der Waals surface area contributed by atoms with Gasteiger partial charge in [-0.05, 0) is 67.2 Å².